The molecule has 0 bridgehead atoms. The lowest BCUT2D eigenvalue weighted by Crippen LogP contribution is -2.47. The number of nitrogens with one attached hydrogen (secondary N) is 1. The molecule has 20 heavy (non-hydrogen) atoms. The Kier molecular flexibility index (Phi) is 4.27. The van der Waals surface area contributed by atoms with Gasteiger partial charge in [0.05, 0.1) is 5.60 Å². The van der Waals surface area contributed by atoms with Gasteiger partial charge in [-0.05, 0) is 37.8 Å². The van der Waals surface area contributed by atoms with Gasteiger partial charge in [-0.1, -0.05) is 31.0 Å². The maximum Gasteiger partial charge on any atom is 0.0771 e. The molecule has 3 heteroatoms. The molecule has 110 valence electrons. The van der Waals surface area contributed by atoms with Gasteiger partial charge in [0.1, 0.15) is 0 Å². The summed E-state index contributed by atoms with van der Waals surface area (Å²) in [4.78, 5) is 2.46. The zero-order valence-electron chi connectivity index (χ0n) is 12.2. The minimum absolute atomic E-state index is 0.420. The molecule has 1 saturated carbocycles. The van der Waals surface area contributed by atoms with E-state index >= 15 is 0 Å². The summed E-state index contributed by atoms with van der Waals surface area (Å²) < 4.78 is 0. The molecule has 2 N–H and O–H groups in total. The van der Waals surface area contributed by atoms with Crippen LogP contribution in [0.25, 0.3) is 0 Å². The average Bonchev–Trinajstić information content (AvgIpc) is 2.94. The lowest BCUT2D eigenvalue weighted by atomic mass is 9.99. The van der Waals surface area contributed by atoms with Crippen molar-refractivity contribution in [2.24, 2.45) is 0 Å². The van der Waals surface area contributed by atoms with Crippen LogP contribution in [0.2, 0.25) is 0 Å². The van der Waals surface area contributed by atoms with E-state index in [4.69, 9.17) is 0 Å². The monoisotopic (exact) mass is 274 g/mol. The predicted molar refractivity (Wildman–Crippen MR) is 83.1 cm³/mol. The largest absolute Gasteiger partial charge is 0.389 e. The molecule has 1 aromatic carbocycles. The van der Waals surface area contributed by atoms with Gasteiger partial charge in [0.2, 0.25) is 0 Å². The highest BCUT2D eigenvalue weighted by Crippen LogP contribution is 2.29. The molecule has 0 unspecified atom stereocenters. The summed E-state index contributed by atoms with van der Waals surface area (Å²) in [5.74, 6) is 0. The van der Waals surface area contributed by atoms with Crippen molar-refractivity contribution < 1.29 is 5.11 Å². The second-order valence-corrected chi connectivity index (χ2v) is 6.41. The zero-order chi connectivity index (χ0) is 13.8. The van der Waals surface area contributed by atoms with Crippen LogP contribution >= 0.6 is 0 Å². The fourth-order valence-electron chi connectivity index (χ4n) is 3.52. The minimum atomic E-state index is -0.420. The van der Waals surface area contributed by atoms with Crippen LogP contribution in [0.1, 0.15) is 38.5 Å². The van der Waals surface area contributed by atoms with Crippen molar-refractivity contribution in [1.82, 2.24) is 5.32 Å². The molecule has 1 heterocycles. The van der Waals surface area contributed by atoms with Gasteiger partial charge in [-0.15, -0.1) is 0 Å². The van der Waals surface area contributed by atoms with Crippen molar-refractivity contribution in [2.45, 2.75) is 50.2 Å². The fraction of sp³-hybridized carbons (Fsp3) is 0.647. The van der Waals surface area contributed by atoms with E-state index < -0.39 is 5.60 Å². The Bertz CT molecular complexity index is 406. The fourth-order valence-corrected chi connectivity index (χ4v) is 3.52. The third kappa shape index (κ3) is 3.33. The molecule has 2 fully saturated rings. The first-order valence-electron chi connectivity index (χ1n) is 8.01. The third-order valence-electron chi connectivity index (χ3n) is 4.87. The molecule has 0 spiro atoms. The SMILES string of the molecule is OC1(CNC2CCN(c3ccccc3)CC2)CCCC1. The van der Waals surface area contributed by atoms with Crippen molar-refractivity contribution >= 4 is 5.69 Å². The Hall–Kier alpha value is -1.06. The van der Waals surface area contributed by atoms with E-state index in [1.807, 2.05) is 0 Å². The first-order valence-corrected chi connectivity index (χ1v) is 8.01. The van der Waals surface area contributed by atoms with Gasteiger partial charge < -0.3 is 15.3 Å². The predicted octanol–water partition coefficient (Wildman–Crippen LogP) is 2.55. The number of hydrogen-bond acceptors (Lipinski definition) is 3. The molecule has 2 aliphatic rings. The Morgan fingerprint density at radius 2 is 1.75 bits per heavy atom. The number of hydrogen-bond donors (Lipinski definition) is 2. The van der Waals surface area contributed by atoms with Crippen LogP contribution in [-0.4, -0.2) is 36.4 Å². The maximum atomic E-state index is 10.4. The van der Waals surface area contributed by atoms with Crippen LogP contribution in [0.3, 0.4) is 0 Å². The molecule has 0 radical (unpaired) electrons. The Morgan fingerprint density at radius 3 is 2.40 bits per heavy atom. The third-order valence-corrected chi connectivity index (χ3v) is 4.87. The van der Waals surface area contributed by atoms with Crippen LogP contribution in [0.5, 0.6) is 0 Å². The number of rotatable bonds is 4. The number of nitrogens with zero attached hydrogens (tertiary/aromatic N) is 1. The summed E-state index contributed by atoms with van der Waals surface area (Å²) in [6.45, 7) is 3.00. The van der Waals surface area contributed by atoms with E-state index in [1.54, 1.807) is 0 Å². The number of anilines is 1. The van der Waals surface area contributed by atoms with Crippen molar-refractivity contribution in [3.05, 3.63) is 30.3 Å². The van der Waals surface area contributed by atoms with Gasteiger partial charge in [-0.2, -0.15) is 0 Å². The molecular weight excluding hydrogens is 248 g/mol. The van der Waals surface area contributed by atoms with Crippen molar-refractivity contribution in [3.63, 3.8) is 0 Å². The molecule has 1 aliphatic heterocycles. The van der Waals surface area contributed by atoms with Crippen LogP contribution in [-0.2, 0) is 0 Å². The Morgan fingerprint density at radius 1 is 1.10 bits per heavy atom. The quantitative estimate of drug-likeness (QED) is 0.886. The summed E-state index contributed by atoms with van der Waals surface area (Å²) in [5, 5.41) is 14.0. The Balaban J connectivity index is 1.44. The van der Waals surface area contributed by atoms with E-state index in [9.17, 15) is 5.11 Å². The highest BCUT2D eigenvalue weighted by molar-refractivity contribution is 5.46. The van der Waals surface area contributed by atoms with Crippen LogP contribution < -0.4 is 10.2 Å². The number of benzene rings is 1. The van der Waals surface area contributed by atoms with Gasteiger partial charge in [-0.3, -0.25) is 0 Å². The van der Waals surface area contributed by atoms with E-state index in [0.29, 0.717) is 6.04 Å². The van der Waals surface area contributed by atoms with Crippen molar-refractivity contribution in [1.29, 1.82) is 0 Å². The maximum absolute atomic E-state index is 10.4. The van der Waals surface area contributed by atoms with E-state index in [2.05, 4.69) is 40.5 Å². The van der Waals surface area contributed by atoms with Gasteiger partial charge in [0.25, 0.3) is 0 Å². The van der Waals surface area contributed by atoms with Gasteiger partial charge in [0.15, 0.2) is 0 Å². The highest BCUT2D eigenvalue weighted by Gasteiger charge is 2.31. The number of piperidine rings is 1. The van der Waals surface area contributed by atoms with E-state index in [1.165, 1.54) is 31.4 Å². The molecule has 1 aromatic rings. The molecular formula is C17H26N2O. The molecule has 3 rings (SSSR count). The lowest BCUT2D eigenvalue weighted by molar-refractivity contribution is 0.0439. The number of para-hydroxylation sites is 1. The molecule has 3 nitrogen and oxygen atoms in total. The first-order chi connectivity index (χ1) is 9.75. The molecule has 1 aliphatic carbocycles. The van der Waals surface area contributed by atoms with Gasteiger partial charge >= 0.3 is 0 Å². The molecule has 0 atom stereocenters. The van der Waals surface area contributed by atoms with Crippen LogP contribution in [0.15, 0.2) is 30.3 Å². The summed E-state index contributed by atoms with van der Waals surface area (Å²) in [6, 6.07) is 11.2. The Labute approximate surface area is 122 Å². The van der Waals surface area contributed by atoms with E-state index in [0.717, 1.165) is 32.5 Å². The lowest BCUT2D eigenvalue weighted by Gasteiger charge is -2.35. The second kappa shape index (κ2) is 6.15. The second-order valence-electron chi connectivity index (χ2n) is 6.41. The molecule has 1 saturated heterocycles. The van der Waals surface area contributed by atoms with Crippen LogP contribution in [0.4, 0.5) is 5.69 Å². The summed E-state index contributed by atoms with van der Waals surface area (Å²) in [5.41, 5.74) is 0.914. The van der Waals surface area contributed by atoms with Gasteiger partial charge in [0, 0.05) is 31.4 Å². The van der Waals surface area contributed by atoms with Crippen molar-refractivity contribution in [2.75, 3.05) is 24.5 Å². The molecule has 0 aromatic heterocycles. The van der Waals surface area contributed by atoms with Gasteiger partial charge in [-0.25, -0.2) is 0 Å². The number of aliphatic hydroxyl groups is 1. The first kappa shape index (κ1) is 13.9. The minimum Gasteiger partial charge on any atom is -0.389 e. The van der Waals surface area contributed by atoms with Crippen LogP contribution in [0, 0.1) is 0 Å². The average molecular weight is 274 g/mol. The highest BCUT2D eigenvalue weighted by atomic mass is 16.3. The summed E-state index contributed by atoms with van der Waals surface area (Å²) in [7, 11) is 0. The summed E-state index contributed by atoms with van der Waals surface area (Å²) >= 11 is 0. The summed E-state index contributed by atoms with van der Waals surface area (Å²) in [6.07, 6.45) is 6.66. The van der Waals surface area contributed by atoms with E-state index in [-0.39, 0.29) is 0 Å². The molecule has 0 amide bonds. The smallest absolute Gasteiger partial charge is 0.0771 e. The zero-order valence-corrected chi connectivity index (χ0v) is 12.2. The topological polar surface area (TPSA) is 35.5 Å². The normalized spacial score (nSPS) is 23.1. The standard InChI is InChI=1S/C17H26N2O/c20-17(10-4-5-11-17)14-18-15-8-12-19(13-9-15)16-6-2-1-3-7-16/h1-3,6-7,15,18,20H,4-5,8-14H2. The van der Waals surface area contributed by atoms with Crippen molar-refractivity contribution in [3.8, 4) is 0 Å².